The van der Waals surface area contributed by atoms with Crippen LogP contribution >= 0.6 is 0 Å². The summed E-state index contributed by atoms with van der Waals surface area (Å²) in [4.78, 5) is 41.4. The lowest BCUT2D eigenvalue weighted by molar-refractivity contribution is -0.123. The van der Waals surface area contributed by atoms with Crippen molar-refractivity contribution >= 4 is 27.6 Å². The second-order valence-electron chi connectivity index (χ2n) is 9.99. The average molecular weight is 598 g/mol. The maximum absolute atomic E-state index is 13.6. The fourth-order valence-electron chi connectivity index (χ4n) is 4.45. The van der Waals surface area contributed by atoms with Gasteiger partial charge in [-0.05, 0) is 24.1 Å². The topological polar surface area (TPSA) is 161 Å². The van der Waals surface area contributed by atoms with Crippen LogP contribution < -0.4 is 10.6 Å². The minimum atomic E-state index is -3.85. The first-order valence-electron chi connectivity index (χ1n) is 13.9. The minimum Gasteiger partial charge on any atom is -0.414 e. The number of urea groups is 1. The van der Waals surface area contributed by atoms with Crippen molar-refractivity contribution in [2.45, 2.75) is 44.0 Å². The third-order valence-electron chi connectivity index (χ3n) is 6.70. The molecule has 4 rings (SSSR count). The molecule has 2 atom stereocenters. The molecule has 0 spiro atoms. The van der Waals surface area contributed by atoms with E-state index in [4.69, 9.17) is 9.15 Å². The van der Waals surface area contributed by atoms with Gasteiger partial charge in [-0.3, -0.25) is 9.59 Å². The molecule has 0 bridgehead atoms. The number of aromatic nitrogens is 2. The maximum atomic E-state index is 13.6. The van der Waals surface area contributed by atoms with Crippen LogP contribution in [-0.4, -0.2) is 85.4 Å². The van der Waals surface area contributed by atoms with Crippen LogP contribution in [0.15, 0.2) is 65.1 Å². The highest BCUT2D eigenvalue weighted by Crippen LogP contribution is 2.19. The highest BCUT2D eigenvalue weighted by molar-refractivity contribution is 7.90. The standard InChI is InChI=1S/C29H35N5O7S/c1-2-3-14-23(25(35)28-33-32-27(41-28)22-12-8-5-9-13-22)30-26(36)24(31-29(37)34-15-17-40-18-16-34)20-42(38,39)19-21-10-6-4-7-11-21/h4-13,23-24H,2-3,14-20H2,1H3,(H,30,36)(H,31,37). The molecule has 0 radical (unpaired) electrons. The van der Waals surface area contributed by atoms with Crippen LogP contribution in [0.2, 0.25) is 0 Å². The van der Waals surface area contributed by atoms with E-state index in [1.807, 2.05) is 13.0 Å². The Hall–Kier alpha value is -4.10. The number of ether oxygens (including phenoxy) is 1. The Labute approximate surface area is 244 Å². The second kappa shape index (κ2) is 14.7. The number of benzene rings is 2. The van der Waals surface area contributed by atoms with Gasteiger partial charge in [-0.2, -0.15) is 0 Å². The van der Waals surface area contributed by atoms with E-state index < -0.39 is 45.4 Å². The molecule has 3 aromatic rings. The van der Waals surface area contributed by atoms with E-state index in [0.29, 0.717) is 43.9 Å². The number of unbranched alkanes of at least 4 members (excludes halogenated alkanes) is 1. The monoisotopic (exact) mass is 597 g/mol. The molecule has 3 amide bonds. The van der Waals surface area contributed by atoms with Crippen LogP contribution in [0.3, 0.4) is 0 Å². The number of hydrogen-bond acceptors (Lipinski definition) is 9. The van der Waals surface area contributed by atoms with Gasteiger partial charge in [0.1, 0.15) is 6.04 Å². The predicted octanol–water partition coefficient (Wildman–Crippen LogP) is 2.62. The number of sulfone groups is 1. The number of morpholine rings is 1. The Bertz CT molecular complexity index is 1440. The highest BCUT2D eigenvalue weighted by Gasteiger charge is 2.33. The molecule has 12 nitrogen and oxygen atoms in total. The molecule has 2 unspecified atom stereocenters. The molecule has 1 saturated heterocycles. The zero-order valence-corrected chi connectivity index (χ0v) is 24.2. The summed E-state index contributed by atoms with van der Waals surface area (Å²) in [6, 6.07) is 14.4. The summed E-state index contributed by atoms with van der Waals surface area (Å²) in [5.74, 6) is -2.49. The quantitative estimate of drug-likeness (QED) is 0.282. The molecule has 0 aliphatic carbocycles. The summed E-state index contributed by atoms with van der Waals surface area (Å²) in [5, 5.41) is 13.1. The molecular weight excluding hydrogens is 562 g/mol. The van der Waals surface area contributed by atoms with Gasteiger partial charge < -0.3 is 24.7 Å². The van der Waals surface area contributed by atoms with Crippen molar-refractivity contribution < 1.29 is 32.0 Å². The third kappa shape index (κ3) is 8.70. The van der Waals surface area contributed by atoms with Crippen molar-refractivity contribution in [2.24, 2.45) is 0 Å². The first kappa shape index (κ1) is 30.8. The zero-order chi connectivity index (χ0) is 30.0. The molecule has 42 heavy (non-hydrogen) atoms. The molecule has 0 saturated carbocycles. The Morgan fingerprint density at radius 3 is 2.26 bits per heavy atom. The van der Waals surface area contributed by atoms with Crippen molar-refractivity contribution in [1.29, 1.82) is 0 Å². The van der Waals surface area contributed by atoms with Gasteiger partial charge in [0.2, 0.25) is 17.6 Å². The molecule has 1 aliphatic rings. The number of amides is 3. The number of Topliss-reactive ketones (excluding diaryl/α,β-unsaturated/α-hetero) is 1. The van der Waals surface area contributed by atoms with Crippen LogP contribution in [0, 0.1) is 0 Å². The molecule has 2 N–H and O–H groups in total. The number of rotatable bonds is 13. The number of nitrogens with zero attached hydrogens (tertiary/aromatic N) is 3. The van der Waals surface area contributed by atoms with Crippen LogP contribution in [0.5, 0.6) is 0 Å². The molecule has 224 valence electrons. The van der Waals surface area contributed by atoms with E-state index in [9.17, 15) is 22.8 Å². The van der Waals surface area contributed by atoms with Gasteiger partial charge in [0, 0.05) is 18.7 Å². The second-order valence-corrected chi connectivity index (χ2v) is 12.1. The number of hydrogen-bond donors (Lipinski definition) is 2. The first-order chi connectivity index (χ1) is 20.3. The van der Waals surface area contributed by atoms with Gasteiger partial charge in [-0.25, -0.2) is 13.2 Å². The van der Waals surface area contributed by atoms with Crippen LogP contribution in [0.1, 0.15) is 42.4 Å². The largest absolute Gasteiger partial charge is 0.414 e. The molecular formula is C29H35N5O7S. The van der Waals surface area contributed by atoms with Crippen LogP contribution in [0.4, 0.5) is 4.79 Å². The SMILES string of the molecule is CCCCC(NC(=O)C(CS(=O)(=O)Cc1ccccc1)NC(=O)N1CCOCC1)C(=O)c1nnc(-c2ccccc2)o1. The average Bonchev–Trinajstić information content (AvgIpc) is 3.50. The van der Waals surface area contributed by atoms with Crippen molar-refractivity contribution in [3.63, 3.8) is 0 Å². The highest BCUT2D eigenvalue weighted by atomic mass is 32.2. The van der Waals surface area contributed by atoms with E-state index in [1.165, 1.54) is 4.90 Å². The summed E-state index contributed by atoms with van der Waals surface area (Å²) in [7, 11) is -3.85. The van der Waals surface area contributed by atoms with Crippen molar-refractivity contribution in [3.05, 3.63) is 72.1 Å². The predicted molar refractivity (Wildman–Crippen MR) is 154 cm³/mol. The normalized spacial score (nSPS) is 15.0. The van der Waals surface area contributed by atoms with Gasteiger partial charge in [-0.1, -0.05) is 68.3 Å². The fourth-order valence-corrected chi connectivity index (χ4v) is 6.01. The number of carbonyl (C=O) groups is 3. The van der Waals surface area contributed by atoms with Gasteiger partial charge in [0.05, 0.1) is 30.8 Å². The summed E-state index contributed by atoms with van der Waals surface area (Å²) in [6.07, 6.45) is 1.58. The molecule has 2 heterocycles. The molecule has 1 aliphatic heterocycles. The van der Waals surface area contributed by atoms with E-state index in [-0.39, 0.29) is 24.0 Å². The number of nitrogens with one attached hydrogen (secondary N) is 2. The van der Waals surface area contributed by atoms with Crippen LogP contribution in [0.25, 0.3) is 11.5 Å². The van der Waals surface area contributed by atoms with Gasteiger partial charge in [0.15, 0.2) is 9.84 Å². The Balaban J connectivity index is 1.53. The molecule has 13 heteroatoms. The Kier molecular flexibility index (Phi) is 10.8. The van der Waals surface area contributed by atoms with Gasteiger partial charge >= 0.3 is 6.03 Å². The van der Waals surface area contributed by atoms with Crippen LogP contribution in [-0.2, 0) is 25.1 Å². The van der Waals surface area contributed by atoms with Crippen molar-refractivity contribution in [3.8, 4) is 11.5 Å². The first-order valence-corrected chi connectivity index (χ1v) is 15.7. The lowest BCUT2D eigenvalue weighted by Crippen LogP contribution is -2.57. The van der Waals surface area contributed by atoms with Gasteiger partial charge in [-0.15, -0.1) is 10.2 Å². The molecule has 2 aromatic carbocycles. The van der Waals surface area contributed by atoms with E-state index >= 15 is 0 Å². The van der Waals surface area contributed by atoms with Gasteiger partial charge in [0.25, 0.3) is 5.89 Å². The Morgan fingerprint density at radius 2 is 1.60 bits per heavy atom. The van der Waals surface area contributed by atoms with Crippen molar-refractivity contribution in [2.75, 3.05) is 32.1 Å². The molecule has 1 fully saturated rings. The van der Waals surface area contributed by atoms with E-state index in [1.54, 1.807) is 54.6 Å². The zero-order valence-electron chi connectivity index (χ0n) is 23.4. The van der Waals surface area contributed by atoms with E-state index in [0.717, 1.165) is 6.42 Å². The third-order valence-corrected chi connectivity index (χ3v) is 8.31. The maximum Gasteiger partial charge on any atom is 0.318 e. The minimum absolute atomic E-state index is 0.155. The summed E-state index contributed by atoms with van der Waals surface area (Å²) in [6.45, 7) is 3.20. The molecule has 1 aromatic heterocycles. The lowest BCUT2D eigenvalue weighted by Gasteiger charge is -2.29. The lowest BCUT2D eigenvalue weighted by atomic mass is 10.0. The summed E-state index contributed by atoms with van der Waals surface area (Å²) in [5.41, 5.74) is 1.19. The summed E-state index contributed by atoms with van der Waals surface area (Å²) >= 11 is 0. The van der Waals surface area contributed by atoms with E-state index in [2.05, 4.69) is 20.8 Å². The Morgan fingerprint density at radius 1 is 0.929 bits per heavy atom. The van der Waals surface area contributed by atoms with Crippen molar-refractivity contribution in [1.82, 2.24) is 25.7 Å². The fraction of sp³-hybridized carbons (Fsp3) is 0.414. The number of carbonyl (C=O) groups excluding carboxylic acids is 3. The smallest absolute Gasteiger partial charge is 0.318 e. The number of ketones is 1. The summed E-state index contributed by atoms with van der Waals surface area (Å²) < 4.78 is 37.2.